The molecule has 0 saturated carbocycles. The highest BCUT2D eigenvalue weighted by Gasteiger charge is 2.31. The minimum atomic E-state index is -0.00171. The summed E-state index contributed by atoms with van der Waals surface area (Å²) in [7, 11) is 0. The van der Waals surface area contributed by atoms with Crippen molar-refractivity contribution in [3.05, 3.63) is 0 Å². The maximum Gasteiger partial charge on any atom is 0.310 e. The van der Waals surface area contributed by atoms with Crippen molar-refractivity contribution in [2.45, 2.75) is 32.2 Å². The second-order valence-electron chi connectivity index (χ2n) is 4.73. The third-order valence-electron chi connectivity index (χ3n) is 3.62. The van der Waals surface area contributed by atoms with E-state index in [2.05, 4.69) is 10.2 Å². The molecule has 2 aliphatic heterocycles. The molecule has 0 amide bonds. The van der Waals surface area contributed by atoms with Crippen molar-refractivity contribution in [3.63, 3.8) is 0 Å². The van der Waals surface area contributed by atoms with Crippen molar-refractivity contribution >= 4 is 5.97 Å². The third kappa shape index (κ3) is 2.74. The van der Waals surface area contributed by atoms with Gasteiger partial charge in [-0.2, -0.15) is 0 Å². The monoisotopic (exact) mass is 226 g/mol. The maximum atomic E-state index is 11.7. The number of hydrogen-bond acceptors (Lipinski definition) is 4. The van der Waals surface area contributed by atoms with Gasteiger partial charge in [-0.1, -0.05) is 0 Å². The number of hydrogen-bond donors (Lipinski definition) is 1. The molecule has 1 N–H and O–H groups in total. The van der Waals surface area contributed by atoms with E-state index in [0.29, 0.717) is 12.6 Å². The van der Waals surface area contributed by atoms with Crippen molar-refractivity contribution in [2.75, 3.05) is 32.8 Å². The van der Waals surface area contributed by atoms with E-state index in [1.54, 1.807) is 0 Å². The molecule has 4 heteroatoms. The van der Waals surface area contributed by atoms with E-state index in [4.69, 9.17) is 4.74 Å². The van der Waals surface area contributed by atoms with E-state index >= 15 is 0 Å². The normalized spacial score (nSPS) is 31.6. The molecule has 16 heavy (non-hydrogen) atoms. The number of esters is 1. The van der Waals surface area contributed by atoms with E-state index in [1.807, 2.05) is 6.92 Å². The Labute approximate surface area is 97.3 Å². The molecule has 2 saturated heterocycles. The van der Waals surface area contributed by atoms with Gasteiger partial charge in [-0.15, -0.1) is 0 Å². The highest BCUT2D eigenvalue weighted by Crippen LogP contribution is 2.21. The Bertz CT molecular complexity index is 239. The second kappa shape index (κ2) is 5.64. The Hall–Kier alpha value is -0.610. The van der Waals surface area contributed by atoms with E-state index in [-0.39, 0.29) is 11.9 Å². The Morgan fingerprint density at radius 1 is 1.50 bits per heavy atom. The van der Waals surface area contributed by atoms with Crippen LogP contribution in [0.1, 0.15) is 26.2 Å². The number of ether oxygens (including phenoxy) is 1. The number of nitrogens with one attached hydrogen (secondary N) is 1. The zero-order valence-corrected chi connectivity index (χ0v) is 10.1. The molecule has 0 aliphatic carbocycles. The predicted octanol–water partition coefficient (Wildman–Crippen LogP) is 0.623. The van der Waals surface area contributed by atoms with Gasteiger partial charge in [0.25, 0.3) is 0 Å². The fraction of sp³-hybridized carbons (Fsp3) is 0.917. The number of likely N-dealkylation sites (tertiary alicyclic amines) is 1. The van der Waals surface area contributed by atoms with Crippen LogP contribution in [0.25, 0.3) is 0 Å². The summed E-state index contributed by atoms with van der Waals surface area (Å²) < 4.78 is 5.11. The van der Waals surface area contributed by atoms with Gasteiger partial charge in [0.1, 0.15) is 0 Å². The first-order valence-electron chi connectivity index (χ1n) is 6.42. The number of carbonyl (C=O) groups excluding carboxylic acids is 1. The molecule has 0 bridgehead atoms. The van der Waals surface area contributed by atoms with Crippen molar-refractivity contribution in [1.82, 2.24) is 10.2 Å². The zero-order chi connectivity index (χ0) is 11.4. The van der Waals surface area contributed by atoms with Crippen LogP contribution in [-0.4, -0.2) is 49.7 Å². The van der Waals surface area contributed by atoms with Crippen molar-refractivity contribution < 1.29 is 9.53 Å². The minimum absolute atomic E-state index is 0.00171. The first-order chi connectivity index (χ1) is 7.81. The summed E-state index contributed by atoms with van der Waals surface area (Å²) in [6.07, 6.45) is 3.34. The van der Waals surface area contributed by atoms with Crippen LogP contribution >= 0.6 is 0 Å². The van der Waals surface area contributed by atoms with Crippen molar-refractivity contribution in [2.24, 2.45) is 5.92 Å². The van der Waals surface area contributed by atoms with Gasteiger partial charge in [-0.05, 0) is 39.3 Å². The molecule has 2 atom stereocenters. The van der Waals surface area contributed by atoms with Crippen molar-refractivity contribution in [1.29, 1.82) is 0 Å². The van der Waals surface area contributed by atoms with E-state index in [0.717, 1.165) is 39.0 Å². The second-order valence-corrected chi connectivity index (χ2v) is 4.73. The quantitative estimate of drug-likeness (QED) is 0.716. The largest absolute Gasteiger partial charge is 0.466 e. The van der Waals surface area contributed by atoms with Crippen LogP contribution in [0.4, 0.5) is 0 Å². The SMILES string of the molecule is CCOC(=O)[C@@H]1CCCN(C2CCNC2)C1. The summed E-state index contributed by atoms with van der Waals surface area (Å²) in [6.45, 7) is 6.61. The number of nitrogens with zero attached hydrogens (tertiary/aromatic N) is 1. The van der Waals surface area contributed by atoms with Crippen LogP contribution in [-0.2, 0) is 9.53 Å². The topological polar surface area (TPSA) is 41.6 Å². The average Bonchev–Trinajstić information content (AvgIpc) is 2.83. The molecule has 2 heterocycles. The maximum absolute atomic E-state index is 11.7. The van der Waals surface area contributed by atoms with Gasteiger partial charge in [0.05, 0.1) is 12.5 Å². The summed E-state index contributed by atoms with van der Waals surface area (Å²) in [5.41, 5.74) is 0. The van der Waals surface area contributed by atoms with Gasteiger partial charge in [0, 0.05) is 19.1 Å². The highest BCUT2D eigenvalue weighted by atomic mass is 16.5. The fourth-order valence-electron chi connectivity index (χ4n) is 2.74. The van der Waals surface area contributed by atoms with Crippen molar-refractivity contribution in [3.8, 4) is 0 Å². The lowest BCUT2D eigenvalue weighted by Crippen LogP contribution is -2.45. The fourth-order valence-corrected chi connectivity index (χ4v) is 2.74. The third-order valence-corrected chi connectivity index (χ3v) is 3.62. The molecular formula is C12H22N2O2. The lowest BCUT2D eigenvalue weighted by molar-refractivity contribution is -0.150. The lowest BCUT2D eigenvalue weighted by atomic mass is 9.96. The highest BCUT2D eigenvalue weighted by molar-refractivity contribution is 5.72. The first kappa shape index (κ1) is 11.9. The first-order valence-corrected chi connectivity index (χ1v) is 6.42. The van der Waals surface area contributed by atoms with E-state index in [9.17, 15) is 4.79 Å². The van der Waals surface area contributed by atoms with Gasteiger partial charge >= 0.3 is 5.97 Å². The molecular weight excluding hydrogens is 204 g/mol. The molecule has 0 aromatic heterocycles. The summed E-state index contributed by atoms with van der Waals surface area (Å²) in [4.78, 5) is 14.2. The number of rotatable bonds is 3. The molecule has 2 rings (SSSR count). The van der Waals surface area contributed by atoms with Crippen LogP contribution in [0.15, 0.2) is 0 Å². The molecule has 0 aromatic rings. The van der Waals surface area contributed by atoms with Gasteiger partial charge in [0.15, 0.2) is 0 Å². The number of carbonyl (C=O) groups is 1. The van der Waals surface area contributed by atoms with Gasteiger partial charge in [-0.25, -0.2) is 0 Å². The molecule has 92 valence electrons. The Morgan fingerprint density at radius 2 is 2.38 bits per heavy atom. The molecule has 0 spiro atoms. The molecule has 1 unspecified atom stereocenters. The van der Waals surface area contributed by atoms with Gasteiger partial charge < -0.3 is 10.1 Å². The van der Waals surface area contributed by atoms with E-state index in [1.165, 1.54) is 6.42 Å². The van der Waals surface area contributed by atoms with Gasteiger partial charge in [-0.3, -0.25) is 9.69 Å². The lowest BCUT2D eigenvalue weighted by Gasteiger charge is -2.35. The summed E-state index contributed by atoms with van der Waals surface area (Å²) >= 11 is 0. The van der Waals surface area contributed by atoms with Crippen LogP contribution in [0, 0.1) is 5.92 Å². The summed E-state index contributed by atoms with van der Waals surface area (Å²) in [5, 5.41) is 3.38. The average molecular weight is 226 g/mol. The molecule has 0 aromatic carbocycles. The smallest absolute Gasteiger partial charge is 0.310 e. The Balaban J connectivity index is 1.85. The zero-order valence-electron chi connectivity index (χ0n) is 10.1. The van der Waals surface area contributed by atoms with E-state index < -0.39 is 0 Å². The molecule has 2 aliphatic rings. The summed E-state index contributed by atoms with van der Waals surface area (Å²) in [6, 6.07) is 0.636. The molecule has 4 nitrogen and oxygen atoms in total. The Morgan fingerprint density at radius 3 is 3.06 bits per heavy atom. The van der Waals surface area contributed by atoms with Crippen LogP contribution in [0.3, 0.4) is 0 Å². The van der Waals surface area contributed by atoms with Crippen LogP contribution in [0.2, 0.25) is 0 Å². The minimum Gasteiger partial charge on any atom is -0.466 e. The summed E-state index contributed by atoms with van der Waals surface area (Å²) in [5.74, 6) is 0.104. The predicted molar refractivity (Wildman–Crippen MR) is 62.2 cm³/mol. The number of piperidine rings is 1. The standard InChI is InChI=1S/C12H22N2O2/c1-2-16-12(15)10-4-3-7-14(9-10)11-5-6-13-8-11/h10-11,13H,2-9H2,1H3/t10-,11?/m1/s1. The Kier molecular flexibility index (Phi) is 4.18. The van der Waals surface area contributed by atoms with Gasteiger partial charge in [0.2, 0.25) is 0 Å². The molecule has 0 radical (unpaired) electrons. The molecule has 2 fully saturated rings. The van der Waals surface area contributed by atoms with Crippen LogP contribution < -0.4 is 5.32 Å². The van der Waals surface area contributed by atoms with Crippen LogP contribution in [0.5, 0.6) is 0 Å².